The molecule has 2 rings (SSSR count). The number of halogens is 2. The highest BCUT2D eigenvalue weighted by molar-refractivity contribution is 9.10. The summed E-state index contributed by atoms with van der Waals surface area (Å²) >= 11 is 3.19. The highest BCUT2D eigenvalue weighted by Crippen LogP contribution is 2.25. The molecule has 0 unspecified atom stereocenters. The van der Waals surface area contributed by atoms with E-state index in [4.69, 9.17) is 5.84 Å². The normalized spacial score (nSPS) is 10.1. The maximum absolute atomic E-state index is 13.6. The molecule has 0 fully saturated rings. The highest BCUT2D eigenvalue weighted by atomic mass is 79.9. The number of anilines is 2. The molecule has 0 aliphatic carbocycles. The first-order chi connectivity index (χ1) is 9.11. The number of amides is 1. The molecule has 98 valence electrons. The second-order valence-electron chi connectivity index (χ2n) is 3.77. The van der Waals surface area contributed by atoms with Gasteiger partial charge in [-0.25, -0.2) is 4.39 Å². The zero-order valence-electron chi connectivity index (χ0n) is 9.78. The van der Waals surface area contributed by atoms with Crippen LogP contribution in [0.15, 0.2) is 46.9 Å². The first-order valence-corrected chi connectivity index (χ1v) is 6.23. The number of hydrogen-bond acceptors (Lipinski definition) is 3. The Hall–Kier alpha value is -1.92. The van der Waals surface area contributed by atoms with Crippen LogP contribution >= 0.6 is 15.9 Å². The molecule has 0 aliphatic heterocycles. The highest BCUT2D eigenvalue weighted by Gasteiger charge is 2.11. The number of nitrogen functional groups attached to an aromatic ring is 1. The molecule has 4 nitrogen and oxygen atoms in total. The van der Waals surface area contributed by atoms with Gasteiger partial charge < -0.3 is 10.7 Å². The summed E-state index contributed by atoms with van der Waals surface area (Å²) in [5.74, 6) is 4.34. The molecule has 1 amide bonds. The smallest absolute Gasteiger partial charge is 0.255 e. The molecule has 0 aromatic heterocycles. The van der Waals surface area contributed by atoms with E-state index >= 15 is 0 Å². The molecule has 0 spiro atoms. The number of hydrogen-bond donors (Lipinski definition) is 3. The van der Waals surface area contributed by atoms with Crippen LogP contribution in [0.5, 0.6) is 0 Å². The Balaban J connectivity index is 2.20. The Bertz CT molecular complexity index is 581. The Morgan fingerprint density at radius 3 is 2.42 bits per heavy atom. The van der Waals surface area contributed by atoms with Gasteiger partial charge in [-0.3, -0.25) is 10.6 Å². The van der Waals surface area contributed by atoms with E-state index in [-0.39, 0.29) is 5.69 Å². The first kappa shape index (κ1) is 13.5. The molecule has 6 heteroatoms. The predicted octanol–water partition coefficient (Wildman–Crippen LogP) is 3.13. The van der Waals surface area contributed by atoms with E-state index in [1.165, 1.54) is 6.07 Å². The van der Waals surface area contributed by atoms with Crippen LogP contribution in [0.3, 0.4) is 0 Å². The fourth-order valence-corrected chi connectivity index (χ4v) is 1.96. The molecule has 2 aromatic rings. The Morgan fingerprint density at radius 2 is 1.84 bits per heavy atom. The zero-order chi connectivity index (χ0) is 13.8. The molecular weight excluding hydrogens is 313 g/mol. The predicted molar refractivity (Wildman–Crippen MR) is 76.3 cm³/mol. The number of benzene rings is 2. The van der Waals surface area contributed by atoms with Crippen molar-refractivity contribution in [3.63, 3.8) is 0 Å². The number of carbonyl (C=O) groups excluding carboxylic acids is 1. The second-order valence-corrected chi connectivity index (χ2v) is 4.63. The lowest BCUT2D eigenvalue weighted by molar-refractivity contribution is 0.102. The standard InChI is InChI=1S/C13H11BrFN3O/c14-10-2-1-3-11(15)12(10)17-13(19)8-4-6-9(18-16)7-5-8/h1-7,18H,16H2,(H,17,19). The Kier molecular flexibility index (Phi) is 4.13. The van der Waals surface area contributed by atoms with Crippen molar-refractivity contribution in [1.29, 1.82) is 0 Å². The number of nitrogens with one attached hydrogen (secondary N) is 2. The van der Waals surface area contributed by atoms with Crippen LogP contribution in [0.4, 0.5) is 15.8 Å². The maximum Gasteiger partial charge on any atom is 0.255 e. The first-order valence-electron chi connectivity index (χ1n) is 5.44. The number of nitrogens with two attached hydrogens (primary N) is 1. The lowest BCUT2D eigenvalue weighted by atomic mass is 10.2. The summed E-state index contributed by atoms with van der Waals surface area (Å²) in [4.78, 5) is 12.0. The summed E-state index contributed by atoms with van der Waals surface area (Å²) in [6.45, 7) is 0. The van der Waals surface area contributed by atoms with E-state index in [2.05, 4.69) is 26.7 Å². The van der Waals surface area contributed by atoms with Crippen LogP contribution in [0, 0.1) is 5.82 Å². The summed E-state index contributed by atoms with van der Waals surface area (Å²) in [6, 6.07) is 11.0. The van der Waals surface area contributed by atoms with E-state index in [1.807, 2.05) is 0 Å². The van der Waals surface area contributed by atoms with Gasteiger partial charge in [0.25, 0.3) is 5.91 Å². The SMILES string of the molecule is NNc1ccc(C(=O)Nc2c(F)cccc2Br)cc1. The fourth-order valence-electron chi connectivity index (χ4n) is 1.52. The van der Waals surface area contributed by atoms with E-state index in [9.17, 15) is 9.18 Å². The largest absolute Gasteiger partial charge is 0.324 e. The number of carbonyl (C=O) groups is 1. The molecule has 0 saturated heterocycles. The average molecular weight is 324 g/mol. The lowest BCUT2D eigenvalue weighted by Crippen LogP contribution is -2.14. The molecule has 2 aromatic carbocycles. The summed E-state index contributed by atoms with van der Waals surface area (Å²) in [5, 5.41) is 2.52. The van der Waals surface area contributed by atoms with Crippen LogP contribution in [0.25, 0.3) is 0 Å². The monoisotopic (exact) mass is 323 g/mol. The zero-order valence-corrected chi connectivity index (χ0v) is 11.4. The van der Waals surface area contributed by atoms with Crippen molar-refractivity contribution in [2.24, 2.45) is 5.84 Å². The summed E-state index contributed by atoms with van der Waals surface area (Å²) in [5.41, 5.74) is 3.68. The van der Waals surface area contributed by atoms with Gasteiger partial charge in [-0.2, -0.15) is 0 Å². The van der Waals surface area contributed by atoms with E-state index in [0.29, 0.717) is 15.7 Å². The third-order valence-electron chi connectivity index (χ3n) is 2.52. The van der Waals surface area contributed by atoms with Gasteiger partial charge in [0.2, 0.25) is 0 Å². The van der Waals surface area contributed by atoms with Gasteiger partial charge in [0.1, 0.15) is 5.82 Å². The molecule has 0 saturated carbocycles. The maximum atomic E-state index is 13.6. The van der Waals surface area contributed by atoms with E-state index in [0.717, 1.165) is 0 Å². The fraction of sp³-hybridized carbons (Fsp3) is 0. The molecule has 0 atom stereocenters. The number of rotatable bonds is 3. The molecule has 0 heterocycles. The van der Waals surface area contributed by atoms with Crippen molar-refractivity contribution in [3.05, 3.63) is 58.3 Å². The molecule has 0 radical (unpaired) electrons. The molecule has 0 aliphatic rings. The summed E-state index contributed by atoms with van der Waals surface area (Å²) in [7, 11) is 0. The van der Waals surface area contributed by atoms with Gasteiger partial charge in [-0.15, -0.1) is 0 Å². The second kappa shape index (κ2) is 5.81. The quantitative estimate of drug-likeness (QED) is 0.600. The topological polar surface area (TPSA) is 67.1 Å². The summed E-state index contributed by atoms with van der Waals surface area (Å²) in [6.07, 6.45) is 0. The third kappa shape index (κ3) is 3.10. The van der Waals surface area contributed by atoms with Gasteiger partial charge in [-0.1, -0.05) is 6.07 Å². The van der Waals surface area contributed by atoms with Gasteiger partial charge in [0.05, 0.1) is 5.69 Å². The van der Waals surface area contributed by atoms with Crippen molar-refractivity contribution in [1.82, 2.24) is 0 Å². The van der Waals surface area contributed by atoms with Crippen LogP contribution in [0.2, 0.25) is 0 Å². The minimum atomic E-state index is -0.497. The van der Waals surface area contributed by atoms with E-state index < -0.39 is 11.7 Å². The molecular formula is C13H11BrFN3O. The average Bonchev–Trinajstić information content (AvgIpc) is 2.43. The minimum Gasteiger partial charge on any atom is -0.324 e. The van der Waals surface area contributed by atoms with Crippen molar-refractivity contribution < 1.29 is 9.18 Å². The molecule has 4 N–H and O–H groups in total. The Morgan fingerprint density at radius 1 is 1.16 bits per heavy atom. The summed E-state index contributed by atoms with van der Waals surface area (Å²) < 4.78 is 14.1. The lowest BCUT2D eigenvalue weighted by Gasteiger charge is -2.09. The number of para-hydroxylation sites is 1. The Labute approximate surface area is 117 Å². The van der Waals surface area contributed by atoms with Crippen LogP contribution < -0.4 is 16.6 Å². The van der Waals surface area contributed by atoms with Gasteiger partial charge >= 0.3 is 0 Å². The van der Waals surface area contributed by atoms with Gasteiger partial charge in [0, 0.05) is 15.7 Å². The van der Waals surface area contributed by atoms with Crippen molar-refractivity contribution in [3.8, 4) is 0 Å². The molecule has 19 heavy (non-hydrogen) atoms. The van der Waals surface area contributed by atoms with Gasteiger partial charge in [-0.05, 0) is 52.3 Å². The van der Waals surface area contributed by atoms with Crippen molar-refractivity contribution in [2.45, 2.75) is 0 Å². The third-order valence-corrected chi connectivity index (χ3v) is 3.18. The van der Waals surface area contributed by atoms with Crippen molar-refractivity contribution in [2.75, 3.05) is 10.7 Å². The van der Waals surface area contributed by atoms with Crippen molar-refractivity contribution >= 4 is 33.2 Å². The molecule has 0 bridgehead atoms. The minimum absolute atomic E-state index is 0.119. The van der Waals surface area contributed by atoms with Crippen LogP contribution in [-0.2, 0) is 0 Å². The van der Waals surface area contributed by atoms with E-state index in [1.54, 1.807) is 36.4 Å². The number of hydrazine groups is 1. The van der Waals surface area contributed by atoms with Crippen LogP contribution in [0.1, 0.15) is 10.4 Å². The van der Waals surface area contributed by atoms with Gasteiger partial charge in [0.15, 0.2) is 0 Å². The van der Waals surface area contributed by atoms with Crippen LogP contribution in [-0.4, -0.2) is 5.91 Å².